The fraction of sp³-hybridized carbons (Fsp3) is 0.391. The maximum absolute atomic E-state index is 13.6. The summed E-state index contributed by atoms with van der Waals surface area (Å²) in [7, 11) is 1.65. The number of rotatable bonds is 3. The molecule has 1 N–H and O–H groups in total. The van der Waals surface area contributed by atoms with Gasteiger partial charge in [0.2, 0.25) is 0 Å². The molecule has 168 valence electrons. The quantitative estimate of drug-likeness (QED) is 0.623. The molecule has 2 aliphatic rings. The van der Waals surface area contributed by atoms with Gasteiger partial charge in [0.25, 0.3) is 0 Å². The van der Waals surface area contributed by atoms with Crippen LogP contribution < -0.4 is 15.9 Å². The van der Waals surface area contributed by atoms with Crippen molar-refractivity contribution in [3.63, 3.8) is 0 Å². The highest BCUT2D eigenvalue weighted by Gasteiger charge is 2.29. The molecule has 0 radical (unpaired) electrons. The molecule has 0 spiro atoms. The van der Waals surface area contributed by atoms with E-state index in [1.165, 1.54) is 12.1 Å². The number of anilines is 1. The van der Waals surface area contributed by atoms with Crippen LogP contribution in [0.3, 0.4) is 0 Å². The third kappa shape index (κ3) is 3.69. The second-order valence-corrected chi connectivity index (χ2v) is 9.65. The van der Waals surface area contributed by atoms with Gasteiger partial charge in [0.1, 0.15) is 11.6 Å². The molecule has 9 heteroatoms. The Labute approximate surface area is 194 Å². The van der Waals surface area contributed by atoms with Crippen molar-refractivity contribution < 1.29 is 9.13 Å². The van der Waals surface area contributed by atoms with Crippen LogP contribution in [0.25, 0.3) is 22.0 Å². The number of benzene rings is 2. The summed E-state index contributed by atoms with van der Waals surface area (Å²) < 4.78 is 20.9. The number of hydrogen-bond acceptors (Lipinski definition) is 6. The van der Waals surface area contributed by atoms with E-state index in [1.54, 1.807) is 35.6 Å². The summed E-state index contributed by atoms with van der Waals surface area (Å²) in [5.74, 6) is 1.03. The number of aromatic nitrogens is 2. The lowest BCUT2D eigenvalue weighted by atomic mass is 10.0. The van der Waals surface area contributed by atoms with Crippen molar-refractivity contribution in [2.45, 2.75) is 30.5 Å². The zero-order chi connectivity index (χ0) is 22.4. The Kier molecular flexibility index (Phi) is 5.88. The van der Waals surface area contributed by atoms with Crippen molar-refractivity contribution >= 4 is 40.1 Å². The van der Waals surface area contributed by atoms with Crippen molar-refractivity contribution in [3.05, 3.63) is 51.7 Å². The fourth-order valence-corrected chi connectivity index (χ4v) is 6.20. The van der Waals surface area contributed by atoms with Gasteiger partial charge in [-0.05, 0) is 30.7 Å². The van der Waals surface area contributed by atoms with Gasteiger partial charge in [-0.1, -0.05) is 23.7 Å². The van der Waals surface area contributed by atoms with Crippen molar-refractivity contribution in [2.75, 3.05) is 37.4 Å². The maximum Gasteiger partial charge on any atom is 0.350 e. The van der Waals surface area contributed by atoms with E-state index >= 15 is 0 Å². The first-order chi connectivity index (χ1) is 15.5. The molecule has 2 atom stereocenters. The minimum Gasteiger partial charge on any atom is -0.379 e. The van der Waals surface area contributed by atoms with E-state index in [4.69, 9.17) is 16.3 Å². The Morgan fingerprint density at radius 3 is 2.81 bits per heavy atom. The summed E-state index contributed by atoms with van der Waals surface area (Å²) >= 11 is 8.48. The van der Waals surface area contributed by atoms with Crippen LogP contribution in [0.4, 0.5) is 10.2 Å². The Bertz CT molecular complexity index is 1230. The largest absolute Gasteiger partial charge is 0.379 e. The van der Waals surface area contributed by atoms with E-state index in [1.807, 2.05) is 6.07 Å². The molecule has 0 amide bonds. The molecule has 1 fully saturated rings. The number of ether oxygens (including phenoxy) is 1. The zero-order valence-electron chi connectivity index (χ0n) is 17.9. The third-order valence-corrected chi connectivity index (χ3v) is 7.71. The molecule has 2 aliphatic heterocycles. The van der Waals surface area contributed by atoms with Crippen molar-refractivity contribution in [1.82, 2.24) is 14.9 Å². The van der Waals surface area contributed by atoms with Gasteiger partial charge in [0.15, 0.2) is 0 Å². The molecule has 3 heterocycles. The standard InChI is InChI=1S/C23H24ClFN4O2S/c1-13-10-26-7-8-28(13)22-17-9-18(24)19(14-3-5-15(25)6-4-14)21-20(17)29(23(30)27-22)11-16(31-2)12-32-21/h3-6,9,13,16,26H,7-8,10-12H2,1-2H3/t13-,16-/m0/s1. The second-order valence-electron chi connectivity index (χ2n) is 8.21. The number of halogens is 2. The topological polar surface area (TPSA) is 59.4 Å². The van der Waals surface area contributed by atoms with Crippen LogP contribution in [-0.2, 0) is 11.3 Å². The van der Waals surface area contributed by atoms with Gasteiger partial charge in [0, 0.05) is 54.4 Å². The highest BCUT2D eigenvalue weighted by molar-refractivity contribution is 7.99. The normalized spacial score (nSPS) is 21.1. The summed E-state index contributed by atoms with van der Waals surface area (Å²) in [5.41, 5.74) is 2.14. The third-order valence-electron chi connectivity index (χ3n) is 6.19. The molecule has 0 unspecified atom stereocenters. The Balaban J connectivity index is 1.83. The second kappa shape index (κ2) is 8.67. The van der Waals surface area contributed by atoms with Gasteiger partial charge < -0.3 is 15.0 Å². The summed E-state index contributed by atoms with van der Waals surface area (Å²) in [5, 5.41) is 4.79. The van der Waals surface area contributed by atoms with Gasteiger partial charge in [-0.15, -0.1) is 11.8 Å². The van der Waals surface area contributed by atoms with E-state index in [0.717, 1.165) is 46.6 Å². The first-order valence-corrected chi connectivity index (χ1v) is 12.0. The highest BCUT2D eigenvalue weighted by Crippen LogP contribution is 2.45. The van der Waals surface area contributed by atoms with Crippen molar-refractivity contribution in [3.8, 4) is 11.1 Å². The predicted molar refractivity (Wildman–Crippen MR) is 128 cm³/mol. The predicted octanol–water partition coefficient (Wildman–Crippen LogP) is 3.77. The van der Waals surface area contributed by atoms with E-state index in [0.29, 0.717) is 23.1 Å². The molecule has 1 aromatic heterocycles. The summed E-state index contributed by atoms with van der Waals surface area (Å²) in [6, 6.07) is 8.39. The minimum atomic E-state index is -0.306. The molecule has 0 bridgehead atoms. The monoisotopic (exact) mass is 474 g/mol. The van der Waals surface area contributed by atoms with Gasteiger partial charge in [-0.3, -0.25) is 4.57 Å². The number of methoxy groups -OCH3 is 1. The van der Waals surface area contributed by atoms with Crippen LogP contribution in [0.1, 0.15) is 6.92 Å². The molecular weight excluding hydrogens is 451 g/mol. The van der Waals surface area contributed by atoms with Gasteiger partial charge in [0.05, 0.1) is 23.2 Å². The summed E-state index contributed by atoms with van der Waals surface area (Å²) in [6.07, 6.45) is -0.140. The van der Waals surface area contributed by atoms with E-state index in [-0.39, 0.29) is 23.7 Å². The van der Waals surface area contributed by atoms with E-state index in [2.05, 4.69) is 22.1 Å². The van der Waals surface area contributed by atoms with Gasteiger partial charge >= 0.3 is 5.69 Å². The molecule has 6 nitrogen and oxygen atoms in total. The number of nitrogens with one attached hydrogen (secondary N) is 1. The molecule has 3 aromatic rings. The molecule has 2 aromatic carbocycles. The zero-order valence-corrected chi connectivity index (χ0v) is 19.5. The SMILES string of the molecule is CO[C@@H]1CSc2c(-c3ccc(F)cc3)c(Cl)cc3c(N4CCNC[C@@H]4C)nc(=O)n(c23)C1. The summed E-state index contributed by atoms with van der Waals surface area (Å²) in [4.78, 5) is 20.9. The van der Waals surface area contributed by atoms with Crippen LogP contribution in [-0.4, -0.2) is 54.2 Å². The molecule has 0 saturated carbocycles. The van der Waals surface area contributed by atoms with Crippen molar-refractivity contribution in [2.24, 2.45) is 0 Å². The average molecular weight is 475 g/mol. The van der Waals surface area contributed by atoms with Crippen LogP contribution in [0.15, 0.2) is 40.0 Å². The lowest BCUT2D eigenvalue weighted by molar-refractivity contribution is 0.107. The Morgan fingerprint density at radius 2 is 2.09 bits per heavy atom. The minimum absolute atomic E-state index is 0.140. The van der Waals surface area contributed by atoms with Crippen molar-refractivity contribution in [1.29, 1.82) is 0 Å². The number of thioether (sulfide) groups is 1. The molecule has 32 heavy (non-hydrogen) atoms. The van der Waals surface area contributed by atoms with E-state index in [9.17, 15) is 9.18 Å². The number of nitrogens with zero attached hydrogens (tertiary/aromatic N) is 3. The highest BCUT2D eigenvalue weighted by atomic mass is 35.5. The molecule has 5 rings (SSSR count). The molecule has 1 saturated heterocycles. The first-order valence-electron chi connectivity index (χ1n) is 10.6. The van der Waals surface area contributed by atoms with Crippen LogP contribution in [0.2, 0.25) is 5.02 Å². The number of piperazine rings is 1. The fourth-order valence-electron chi connectivity index (χ4n) is 4.51. The smallest absolute Gasteiger partial charge is 0.350 e. The number of hydrogen-bond donors (Lipinski definition) is 1. The van der Waals surface area contributed by atoms with Gasteiger partial charge in [-0.2, -0.15) is 4.98 Å². The van der Waals surface area contributed by atoms with Gasteiger partial charge in [-0.25, -0.2) is 9.18 Å². The lowest BCUT2D eigenvalue weighted by Crippen LogP contribution is -2.51. The lowest BCUT2D eigenvalue weighted by Gasteiger charge is -2.35. The Morgan fingerprint density at radius 1 is 1.31 bits per heavy atom. The van der Waals surface area contributed by atoms with Crippen LogP contribution in [0.5, 0.6) is 0 Å². The maximum atomic E-state index is 13.6. The first kappa shape index (κ1) is 21.7. The molecular formula is C23H24ClFN4O2S. The van der Waals surface area contributed by atoms with E-state index < -0.39 is 0 Å². The molecule has 0 aliphatic carbocycles. The summed E-state index contributed by atoms with van der Waals surface area (Å²) in [6.45, 7) is 4.94. The van der Waals surface area contributed by atoms with Crippen LogP contribution in [0, 0.1) is 5.82 Å². The Hall–Kier alpha value is -2.13. The van der Waals surface area contributed by atoms with Crippen LogP contribution >= 0.6 is 23.4 Å². The average Bonchev–Trinajstić information content (AvgIpc) is 2.98.